The number of aryl methyl sites for hydroxylation is 4. The first kappa shape index (κ1) is 18.0. The minimum Gasteiger partial charge on any atom is -0.461 e. The molecule has 2 heterocycles. The zero-order chi connectivity index (χ0) is 18.7. The van der Waals surface area contributed by atoms with Gasteiger partial charge < -0.3 is 9.32 Å². The molecule has 0 aliphatic heterocycles. The molecule has 5 heteroatoms. The van der Waals surface area contributed by atoms with Crippen LogP contribution in [-0.4, -0.2) is 34.2 Å². The van der Waals surface area contributed by atoms with Crippen molar-refractivity contribution in [2.45, 2.75) is 33.7 Å². The van der Waals surface area contributed by atoms with Crippen molar-refractivity contribution in [3.63, 3.8) is 0 Å². The van der Waals surface area contributed by atoms with Crippen molar-refractivity contribution in [1.82, 2.24) is 14.7 Å². The zero-order valence-corrected chi connectivity index (χ0v) is 15.8. The van der Waals surface area contributed by atoms with Gasteiger partial charge in [-0.05, 0) is 57.5 Å². The molecular formula is C21H25N3O2. The summed E-state index contributed by atoms with van der Waals surface area (Å²) in [4.78, 5) is 14.4. The molecule has 5 nitrogen and oxygen atoms in total. The normalized spacial score (nSPS) is 10.9. The lowest BCUT2D eigenvalue weighted by molar-refractivity contribution is 0.0791. The summed E-state index contributed by atoms with van der Waals surface area (Å²) in [6.45, 7) is 7.47. The number of furan rings is 1. The smallest absolute Gasteiger partial charge is 0.253 e. The molecule has 0 aliphatic rings. The van der Waals surface area contributed by atoms with Gasteiger partial charge in [-0.3, -0.25) is 9.48 Å². The number of aromatic nitrogens is 2. The largest absolute Gasteiger partial charge is 0.461 e. The fraction of sp³-hybridized carbons (Fsp3) is 0.333. The van der Waals surface area contributed by atoms with E-state index in [-0.39, 0.29) is 5.91 Å². The number of hydrogen-bond donors (Lipinski definition) is 0. The van der Waals surface area contributed by atoms with Crippen LogP contribution >= 0.6 is 0 Å². The molecule has 0 bridgehead atoms. The van der Waals surface area contributed by atoms with Crippen LogP contribution in [0.25, 0.3) is 11.3 Å². The summed E-state index contributed by atoms with van der Waals surface area (Å²) in [5.41, 5.74) is 3.84. The molecule has 0 fully saturated rings. The number of hydrogen-bond acceptors (Lipinski definition) is 3. The molecule has 0 aliphatic carbocycles. The highest BCUT2D eigenvalue weighted by atomic mass is 16.3. The van der Waals surface area contributed by atoms with Gasteiger partial charge in [0.05, 0.1) is 5.69 Å². The molecule has 0 saturated carbocycles. The highest BCUT2D eigenvalue weighted by Gasteiger charge is 2.12. The van der Waals surface area contributed by atoms with Gasteiger partial charge in [0.2, 0.25) is 0 Å². The van der Waals surface area contributed by atoms with Crippen LogP contribution in [0, 0.1) is 20.8 Å². The van der Waals surface area contributed by atoms with Crippen molar-refractivity contribution in [3.05, 3.63) is 65.2 Å². The number of amides is 1. The third-order valence-corrected chi connectivity index (χ3v) is 4.47. The molecule has 0 saturated heterocycles. The van der Waals surface area contributed by atoms with Crippen LogP contribution in [0.3, 0.4) is 0 Å². The van der Waals surface area contributed by atoms with Crippen molar-refractivity contribution in [1.29, 1.82) is 0 Å². The molecule has 1 aromatic carbocycles. The summed E-state index contributed by atoms with van der Waals surface area (Å²) in [6, 6.07) is 13.5. The van der Waals surface area contributed by atoms with E-state index in [1.54, 1.807) is 4.90 Å². The van der Waals surface area contributed by atoms with Gasteiger partial charge in [-0.25, -0.2) is 0 Å². The first-order chi connectivity index (χ1) is 12.4. The molecule has 1 amide bonds. The zero-order valence-electron chi connectivity index (χ0n) is 15.8. The molecule has 136 valence electrons. The highest BCUT2D eigenvalue weighted by Crippen LogP contribution is 2.22. The molecule has 0 radical (unpaired) electrons. The van der Waals surface area contributed by atoms with Crippen LogP contribution in [0.1, 0.15) is 33.9 Å². The van der Waals surface area contributed by atoms with Crippen molar-refractivity contribution in [3.8, 4) is 11.3 Å². The minimum atomic E-state index is 0.0283. The van der Waals surface area contributed by atoms with Crippen LogP contribution in [0.15, 0.2) is 46.9 Å². The summed E-state index contributed by atoms with van der Waals surface area (Å²) >= 11 is 0. The summed E-state index contributed by atoms with van der Waals surface area (Å²) in [5.74, 6) is 1.72. The lowest BCUT2D eigenvalue weighted by atomic mass is 10.1. The van der Waals surface area contributed by atoms with E-state index in [4.69, 9.17) is 4.42 Å². The van der Waals surface area contributed by atoms with E-state index >= 15 is 0 Å². The maximum absolute atomic E-state index is 12.6. The fourth-order valence-electron chi connectivity index (χ4n) is 3.05. The third kappa shape index (κ3) is 4.04. The van der Waals surface area contributed by atoms with Crippen LogP contribution in [-0.2, 0) is 6.54 Å². The number of benzene rings is 1. The maximum atomic E-state index is 12.6. The molecule has 0 unspecified atom stereocenters. The number of carbonyl (C=O) groups excluding carboxylic acids is 1. The minimum absolute atomic E-state index is 0.0283. The Morgan fingerprint density at radius 2 is 1.85 bits per heavy atom. The lowest BCUT2D eigenvalue weighted by Crippen LogP contribution is -2.28. The SMILES string of the molecule is Cc1cc(C)n(CCCN(C)C(=O)c2ccc(-c3ccc(C)o3)cc2)n1. The molecule has 3 rings (SSSR count). The summed E-state index contributed by atoms with van der Waals surface area (Å²) in [5, 5.41) is 4.45. The molecule has 3 aromatic rings. The molecule has 0 N–H and O–H groups in total. The third-order valence-electron chi connectivity index (χ3n) is 4.47. The predicted molar refractivity (Wildman–Crippen MR) is 102 cm³/mol. The number of rotatable bonds is 6. The van der Waals surface area contributed by atoms with Gasteiger partial charge >= 0.3 is 0 Å². The van der Waals surface area contributed by atoms with Crippen molar-refractivity contribution >= 4 is 5.91 Å². The standard InChI is InChI=1S/C21H25N3O2/c1-15-14-16(2)24(22-15)13-5-12-23(4)21(25)19-9-7-18(8-10-19)20-11-6-17(3)26-20/h6-11,14H,5,12-13H2,1-4H3. The van der Waals surface area contributed by atoms with Gasteiger partial charge in [0.25, 0.3) is 5.91 Å². The molecule has 0 atom stereocenters. The van der Waals surface area contributed by atoms with Crippen LogP contribution in [0.5, 0.6) is 0 Å². The van der Waals surface area contributed by atoms with E-state index in [1.807, 2.05) is 62.0 Å². The van der Waals surface area contributed by atoms with Gasteiger partial charge in [-0.1, -0.05) is 12.1 Å². The lowest BCUT2D eigenvalue weighted by Gasteiger charge is -2.17. The average Bonchev–Trinajstić information content (AvgIpc) is 3.19. The van der Waals surface area contributed by atoms with Crippen LogP contribution in [0.2, 0.25) is 0 Å². The van der Waals surface area contributed by atoms with Crippen molar-refractivity contribution < 1.29 is 9.21 Å². The molecular weight excluding hydrogens is 326 g/mol. The van der Waals surface area contributed by atoms with E-state index in [0.717, 1.165) is 41.4 Å². The topological polar surface area (TPSA) is 51.3 Å². The van der Waals surface area contributed by atoms with Crippen LogP contribution in [0.4, 0.5) is 0 Å². The quantitative estimate of drug-likeness (QED) is 0.668. The monoisotopic (exact) mass is 351 g/mol. The van der Waals surface area contributed by atoms with E-state index in [9.17, 15) is 4.79 Å². The van der Waals surface area contributed by atoms with Gasteiger partial charge in [0.15, 0.2) is 0 Å². The van der Waals surface area contributed by atoms with E-state index < -0.39 is 0 Å². The predicted octanol–water partition coefficient (Wildman–Crippen LogP) is 4.23. The Bertz CT molecular complexity index is 890. The fourth-order valence-corrected chi connectivity index (χ4v) is 3.05. The number of nitrogens with zero attached hydrogens (tertiary/aromatic N) is 3. The van der Waals surface area contributed by atoms with Crippen molar-refractivity contribution in [2.24, 2.45) is 0 Å². The Labute approximate surface area is 154 Å². The Morgan fingerprint density at radius 3 is 2.42 bits per heavy atom. The van der Waals surface area contributed by atoms with Gasteiger partial charge in [0.1, 0.15) is 11.5 Å². The van der Waals surface area contributed by atoms with Gasteiger partial charge in [-0.2, -0.15) is 5.10 Å². The highest BCUT2D eigenvalue weighted by molar-refractivity contribution is 5.94. The van der Waals surface area contributed by atoms with E-state index in [0.29, 0.717) is 12.1 Å². The second-order valence-electron chi connectivity index (χ2n) is 6.72. The van der Waals surface area contributed by atoms with Gasteiger partial charge in [0, 0.05) is 37.0 Å². The molecule has 26 heavy (non-hydrogen) atoms. The van der Waals surface area contributed by atoms with Gasteiger partial charge in [-0.15, -0.1) is 0 Å². The summed E-state index contributed by atoms with van der Waals surface area (Å²) < 4.78 is 7.61. The van der Waals surface area contributed by atoms with Crippen LogP contribution < -0.4 is 0 Å². The molecule has 2 aromatic heterocycles. The van der Waals surface area contributed by atoms with E-state index in [2.05, 4.69) is 18.1 Å². The molecule has 0 spiro atoms. The Kier molecular flexibility index (Phi) is 5.26. The second kappa shape index (κ2) is 7.60. The van der Waals surface area contributed by atoms with E-state index in [1.165, 1.54) is 0 Å². The second-order valence-corrected chi connectivity index (χ2v) is 6.72. The average molecular weight is 351 g/mol. The Balaban J connectivity index is 1.57. The Morgan fingerprint density at radius 1 is 1.12 bits per heavy atom. The van der Waals surface area contributed by atoms with Crippen molar-refractivity contribution in [2.75, 3.05) is 13.6 Å². The first-order valence-corrected chi connectivity index (χ1v) is 8.87. The first-order valence-electron chi connectivity index (χ1n) is 8.87. The summed E-state index contributed by atoms with van der Waals surface area (Å²) in [7, 11) is 1.84. The Hall–Kier alpha value is -2.82. The summed E-state index contributed by atoms with van der Waals surface area (Å²) in [6.07, 6.45) is 0.869. The maximum Gasteiger partial charge on any atom is 0.253 e. The number of carbonyl (C=O) groups is 1.